The molecule has 0 radical (unpaired) electrons. The van der Waals surface area contributed by atoms with Gasteiger partial charge in [-0.3, -0.25) is 4.79 Å². The van der Waals surface area contributed by atoms with Gasteiger partial charge in [0.1, 0.15) is 5.92 Å². The summed E-state index contributed by atoms with van der Waals surface area (Å²) in [5.41, 5.74) is 0. The van der Waals surface area contributed by atoms with E-state index in [2.05, 4.69) is 6.07 Å². The van der Waals surface area contributed by atoms with Gasteiger partial charge in [-0.25, -0.2) is 0 Å². The highest BCUT2D eigenvalue weighted by atomic mass is 16.5. The van der Waals surface area contributed by atoms with E-state index in [1.807, 2.05) is 20.8 Å². The fourth-order valence-corrected chi connectivity index (χ4v) is 1.74. The van der Waals surface area contributed by atoms with Crippen LogP contribution in [0.25, 0.3) is 0 Å². The van der Waals surface area contributed by atoms with Crippen LogP contribution in [-0.4, -0.2) is 50.8 Å². The molecule has 104 valence electrons. The number of carbonyl (C=O) groups excluding carboxylic acids is 1. The largest absolute Gasteiger partial charge is 0.383 e. The van der Waals surface area contributed by atoms with Crippen LogP contribution < -0.4 is 0 Å². The summed E-state index contributed by atoms with van der Waals surface area (Å²) in [4.78, 5) is 14.0. The van der Waals surface area contributed by atoms with Crippen molar-refractivity contribution >= 4 is 5.91 Å². The Balaban J connectivity index is 4.82. The van der Waals surface area contributed by atoms with E-state index in [-0.39, 0.29) is 17.9 Å². The number of hydrogen-bond donors (Lipinski definition) is 0. The van der Waals surface area contributed by atoms with Crippen molar-refractivity contribution < 1.29 is 14.3 Å². The second kappa shape index (κ2) is 8.90. The predicted molar refractivity (Wildman–Crippen MR) is 68.9 cm³/mol. The predicted octanol–water partition coefficient (Wildman–Crippen LogP) is 1.29. The average Bonchev–Trinajstić information content (AvgIpc) is 2.30. The van der Waals surface area contributed by atoms with E-state index in [1.165, 1.54) is 0 Å². The zero-order chi connectivity index (χ0) is 14.1. The molecule has 0 heterocycles. The number of nitrogens with zero attached hydrogens (tertiary/aromatic N) is 2. The highest BCUT2D eigenvalue weighted by molar-refractivity contribution is 5.81. The molecule has 2 atom stereocenters. The first-order valence-corrected chi connectivity index (χ1v) is 6.17. The molecule has 2 unspecified atom stereocenters. The van der Waals surface area contributed by atoms with Crippen LogP contribution in [0.1, 0.15) is 20.8 Å². The molecule has 0 aliphatic heterocycles. The van der Waals surface area contributed by atoms with E-state index in [4.69, 9.17) is 14.7 Å². The Kier molecular flexibility index (Phi) is 8.34. The molecule has 0 saturated carbocycles. The summed E-state index contributed by atoms with van der Waals surface area (Å²) in [6.07, 6.45) is 0. The fourth-order valence-electron chi connectivity index (χ4n) is 1.74. The highest BCUT2D eigenvalue weighted by Crippen LogP contribution is 2.15. The first-order valence-electron chi connectivity index (χ1n) is 6.17. The van der Waals surface area contributed by atoms with Crippen LogP contribution in [0.2, 0.25) is 0 Å². The van der Waals surface area contributed by atoms with Crippen molar-refractivity contribution in [1.29, 1.82) is 5.26 Å². The molecule has 1 amide bonds. The number of hydrogen-bond acceptors (Lipinski definition) is 4. The Morgan fingerprint density at radius 3 is 2.28 bits per heavy atom. The van der Waals surface area contributed by atoms with Gasteiger partial charge in [0.05, 0.1) is 25.3 Å². The van der Waals surface area contributed by atoms with Gasteiger partial charge in [0.15, 0.2) is 0 Å². The Morgan fingerprint density at radius 2 is 1.89 bits per heavy atom. The third-order valence-electron chi connectivity index (χ3n) is 2.83. The van der Waals surface area contributed by atoms with Crippen LogP contribution in [0.4, 0.5) is 0 Å². The molecule has 0 aromatic rings. The maximum Gasteiger partial charge on any atom is 0.240 e. The van der Waals surface area contributed by atoms with E-state index in [9.17, 15) is 4.79 Å². The van der Waals surface area contributed by atoms with Gasteiger partial charge in [-0.2, -0.15) is 5.26 Å². The van der Waals surface area contributed by atoms with Crippen molar-refractivity contribution in [2.24, 2.45) is 11.8 Å². The van der Waals surface area contributed by atoms with Gasteiger partial charge >= 0.3 is 0 Å². The molecule has 0 N–H and O–H groups in total. The molecule has 0 fully saturated rings. The van der Waals surface area contributed by atoms with Crippen molar-refractivity contribution in [2.75, 3.05) is 34.0 Å². The molecular formula is C13H24N2O3. The summed E-state index contributed by atoms with van der Waals surface area (Å²) in [6.45, 7) is 7.04. The van der Waals surface area contributed by atoms with Gasteiger partial charge in [0.25, 0.3) is 0 Å². The molecule has 0 aliphatic carbocycles. The standard InChI is InChI=1S/C13H24N2O3/c1-10(2)12(8-14)13(16)15(6-7-17-4)11(3)9-18-5/h10-12H,6-7,9H2,1-5H3. The highest BCUT2D eigenvalue weighted by Gasteiger charge is 2.29. The van der Waals surface area contributed by atoms with Crippen LogP contribution >= 0.6 is 0 Å². The summed E-state index contributed by atoms with van der Waals surface area (Å²) in [5, 5.41) is 9.09. The van der Waals surface area contributed by atoms with Crippen LogP contribution in [0.5, 0.6) is 0 Å². The monoisotopic (exact) mass is 256 g/mol. The van der Waals surface area contributed by atoms with E-state index >= 15 is 0 Å². The lowest BCUT2D eigenvalue weighted by atomic mass is 9.95. The van der Waals surface area contributed by atoms with Crippen molar-refractivity contribution in [2.45, 2.75) is 26.8 Å². The second-order valence-corrected chi connectivity index (χ2v) is 4.68. The molecule has 0 bridgehead atoms. The normalized spacial score (nSPS) is 14.1. The molecule has 0 saturated heterocycles. The van der Waals surface area contributed by atoms with E-state index in [0.717, 1.165) is 0 Å². The summed E-state index contributed by atoms with van der Waals surface area (Å²) in [7, 11) is 3.19. The quantitative estimate of drug-likeness (QED) is 0.656. The zero-order valence-electron chi connectivity index (χ0n) is 12.0. The summed E-state index contributed by atoms with van der Waals surface area (Å²) >= 11 is 0. The minimum absolute atomic E-state index is 0.00212. The lowest BCUT2D eigenvalue weighted by Gasteiger charge is -2.31. The Labute approximate surface area is 110 Å². The molecule has 5 nitrogen and oxygen atoms in total. The smallest absolute Gasteiger partial charge is 0.240 e. The summed E-state index contributed by atoms with van der Waals surface area (Å²) in [5.74, 6) is -0.752. The first kappa shape index (κ1) is 16.9. The minimum atomic E-state index is -0.610. The Morgan fingerprint density at radius 1 is 1.28 bits per heavy atom. The first-order chi connectivity index (χ1) is 8.49. The van der Waals surface area contributed by atoms with Crippen molar-refractivity contribution in [3.8, 4) is 6.07 Å². The topological polar surface area (TPSA) is 62.6 Å². The van der Waals surface area contributed by atoms with Gasteiger partial charge in [-0.1, -0.05) is 13.8 Å². The number of nitriles is 1. The summed E-state index contributed by atoms with van der Waals surface area (Å²) < 4.78 is 10.1. The number of methoxy groups -OCH3 is 2. The van der Waals surface area contributed by atoms with Gasteiger partial charge in [0.2, 0.25) is 5.91 Å². The van der Waals surface area contributed by atoms with Crippen molar-refractivity contribution in [3.63, 3.8) is 0 Å². The molecule has 0 aromatic heterocycles. The van der Waals surface area contributed by atoms with Crippen molar-refractivity contribution in [1.82, 2.24) is 4.90 Å². The van der Waals surface area contributed by atoms with E-state index in [0.29, 0.717) is 19.8 Å². The average molecular weight is 256 g/mol. The molecular weight excluding hydrogens is 232 g/mol. The molecule has 0 aliphatic rings. The zero-order valence-corrected chi connectivity index (χ0v) is 12.0. The summed E-state index contributed by atoms with van der Waals surface area (Å²) in [6, 6.07) is 2.02. The third kappa shape index (κ3) is 5.03. The number of carbonyl (C=O) groups is 1. The SMILES string of the molecule is COCCN(C(=O)C(C#N)C(C)C)C(C)COC. The third-order valence-corrected chi connectivity index (χ3v) is 2.83. The maximum absolute atomic E-state index is 12.3. The molecule has 0 aromatic carbocycles. The fraction of sp³-hybridized carbons (Fsp3) is 0.846. The number of rotatable bonds is 8. The van der Waals surface area contributed by atoms with Gasteiger partial charge < -0.3 is 14.4 Å². The van der Waals surface area contributed by atoms with Crippen LogP contribution in [0.3, 0.4) is 0 Å². The number of amides is 1. The molecule has 0 spiro atoms. The Bertz CT molecular complexity index is 286. The van der Waals surface area contributed by atoms with Crippen molar-refractivity contribution in [3.05, 3.63) is 0 Å². The lowest BCUT2D eigenvalue weighted by molar-refractivity contribution is -0.138. The lowest BCUT2D eigenvalue weighted by Crippen LogP contribution is -2.46. The maximum atomic E-state index is 12.3. The van der Waals surface area contributed by atoms with Gasteiger partial charge in [0, 0.05) is 20.8 Å². The van der Waals surface area contributed by atoms with E-state index < -0.39 is 5.92 Å². The minimum Gasteiger partial charge on any atom is -0.383 e. The van der Waals surface area contributed by atoms with E-state index in [1.54, 1.807) is 19.1 Å². The van der Waals surface area contributed by atoms with Gasteiger partial charge in [-0.15, -0.1) is 0 Å². The number of ether oxygens (including phenoxy) is 2. The Hall–Kier alpha value is -1.12. The van der Waals surface area contributed by atoms with Crippen LogP contribution in [0, 0.1) is 23.2 Å². The van der Waals surface area contributed by atoms with Crippen LogP contribution in [0.15, 0.2) is 0 Å². The molecule has 0 rings (SSSR count). The second-order valence-electron chi connectivity index (χ2n) is 4.68. The van der Waals surface area contributed by atoms with Gasteiger partial charge in [-0.05, 0) is 12.8 Å². The molecule has 5 heteroatoms. The van der Waals surface area contributed by atoms with Crippen LogP contribution in [-0.2, 0) is 14.3 Å². The molecule has 18 heavy (non-hydrogen) atoms.